The number of carbonyl (C=O) groups is 1. The minimum Gasteiger partial charge on any atom is -0.368 e. The third kappa shape index (κ3) is 4.37. The Kier molecular flexibility index (Phi) is 5.91. The second-order valence-electron chi connectivity index (χ2n) is 5.49. The lowest BCUT2D eigenvalue weighted by atomic mass is 10.2. The highest BCUT2D eigenvalue weighted by Crippen LogP contribution is 2.23. The summed E-state index contributed by atoms with van der Waals surface area (Å²) in [5.41, 5.74) is 2.48. The van der Waals surface area contributed by atoms with E-state index < -0.39 is 0 Å². The Balaban J connectivity index is 1.85. The van der Waals surface area contributed by atoms with Gasteiger partial charge in [0, 0.05) is 42.9 Å². The molecule has 1 aliphatic heterocycles. The molecule has 116 valence electrons. The molecule has 0 unspecified atom stereocenters. The summed E-state index contributed by atoms with van der Waals surface area (Å²) in [5.74, 6) is 0. The van der Waals surface area contributed by atoms with Crippen molar-refractivity contribution in [3.05, 3.63) is 28.2 Å². The Hall–Kier alpha value is -1.23. The van der Waals surface area contributed by atoms with Crippen LogP contribution < -0.4 is 10.2 Å². The zero-order valence-corrected chi connectivity index (χ0v) is 14.4. The fourth-order valence-corrected chi connectivity index (χ4v) is 2.72. The fraction of sp³-hybridized carbons (Fsp3) is 0.562. The molecule has 1 aromatic carbocycles. The van der Waals surface area contributed by atoms with Crippen LogP contribution in [0.4, 0.5) is 10.5 Å². The van der Waals surface area contributed by atoms with E-state index in [0.717, 1.165) is 50.0 Å². The van der Waals surface area contributed by atoms with Gasteiger partial charge in [0.2, 0.25) is 0 Å². The molecule has 21 heavy (non-hydrogen) atoms. The van der Waals surface area contributed by atoms with E-state index in [1.807, 2.05) is 4.90 Å². The molecule has 1 aromatic rings. The van der Waals surface area contributed by atoms with Crippen LogP contribution in [0.1, 0.15) is 25.3 Å². The summed E-state index contributed by atoms with van der Waals surface area (Å²) in [6.07, 6.45) is 2.15. The molecule has 4 nitrogen and oxygen atoms in total. The van der Waals surface area contributed by atoms with E-state index in [4.69, 9.17) is 0 Å². The molecule has 1 aliphatic rings. The first kappa shape index (κ1) is 16.1. The molecule has 1 saturated heterocycles. The number of piperazine rings is 1. The van der Waals surface area contributed by atoms with Crippen molar-refractivity contribution >= 4 is 27.6 Å². The number of amides is 2. The molecule has 0 atom stereocenters. The highest BCUT2D eigenvalue weighted by Gasteiger charge is 2.21. The Bertz CT molecular complexity index is 484. The van der Waals surface area contributed by atoms with Gasteiger partial charge in [0.15, 0.2) is 0 Å². The van der Waals surface area contributed by atoms with Crippen molar-refractivity contribution < 1.29 is 4.79 Å². The SMILES string of the molecule is CCCCNC(=O)N1CCN(c2ccc(Br)c(C)c2)CC1. The monoisotopic (exact) mass is 353 g/mol. The largest absolute Gasteiger partial charge is 0.368 e. The van der Waals surface area contributed by atoms with Crippen LogP contribution in [0.15, 0.2) is 22.7 Å². The number of hydrogen-bond acceptors (Lipinski definition) is 2. The smallest absolute Gasteiger partial charge is 0.317 e. The molecule has 1 fully saturated rings. The van der Waals surface area contributed by atoms with Crippen LogP contribution in [0.25, 0.3) is 0 Å². The summed E-state index contributed by atoms with van der Waals surface area (Å²) in [4.78, 5) is 16.3. The third-order valence-electron chi connectivity index (χ3n) is 3.88. The normalized spacial score (nSPS) is 15.2. The van der Waals surface area contributed by atoms with Crippen molar-refractivity contribution in [3.8, 4) is 0 Å². The number of urea groups is 1. The first-order chi connectivity index (χ1) is 10.1. The van der Waals surface area contributed by atoms with Crippen LogP contribution in [0, 0.1) is 6.92 Å². The molecule has 2 rings (SSSR count). The van der Waals surface area contributed by atoms with Gasteiger partial charge in [0.1, 0.15) is 0 Å². The molecule has 2 amide bonds. The van der Waals surface area contributed by atoms with Crippen LogP contribution in [-0.4, -0.2) is 43.7 Å². The Morgan fingerprint density at radius 1 is 1.29 bits per heavy atom. The molecule has 0 aromatic heterocycles. The van der Waals surface area contributed by atoms with E-state index in [1.54, 1.807) is 0 Å². The molecule has 0 saturated carbocycles. The van der Waals surface area contributed by atoms with Crippen LogP contribution in [-0.2, 0) is 0 Å². The van der Waals surface area contributed by atoms with Crippen molar-refractivity contribution in [1.82, 2.24) is 10.2 Å². The predicted molar refractivity (Wildman–Crippen MR) is 91.0 cm³/mol. The fourth-order valence-electron chi connectivity index (χ4n) is 2.48. The quantitative estimate of drug-likeness (QED) is 0.842. The standard InChI is InChI=1S/C16H24BrN3O/c1-3-4-7-18-16(21)20-10-8-19(9-11-20)14-5-6-15(17)13(2)12-14/h5-6,12H,3-4,7-11H2,1-2H3,(H,18,21). The zero-order valence-electron chi connectivity index (χ0n) is 12.9. The number of nitrogens with one attached hydrogen (secondary N) is 1. The van der Waals surface area contributed by atoms with Crippen LogP contribution in [0.3, 0.4) is 0 Å². The molecule has 1 N–H and O–H groups in total. The highest BCUT2D eigenvalue weighted by atomic mass is 79.9. The van der Waals surface area contributed by atoms with E-state index in [2.05, 4.69) is 58.2 Å². The average Bonchev–Trinajstić information content (AvgIpc) is 2.50. The van der Waals surface area contributed by atoms with E-state index >= 15 is 0 Å². The van der Waals surface area contributed by atoms with Gasteiger partial charge in [-0.2, -0.15) is 0 Å². The second-order valence-corrected chi connectivity index (χ2v) is 6.35. The summed E-state index contributed by atoms with van der Waals surface area (Å²) in [6, 6.07) is 6.50. The van der Waals surface area contributed by atoms with E-state index in [-0.39, 0.29) is 6.03 Å². The van der Waals surface area contributed by atoms with E-state index in [1.165, 1.54) is 11.3 Å². The highest BCUT2D eigenvalue weighted by molar-refractivity contribution is 9.10. The summed E-state index contributed by atoms with van der Waals surface area (Å²) >= 11 is 3.53. The Morgan fingerprint density at radius 2 is 2.00 bits per heavy atom. The van der Waals surface area contributed by atoms with Gasteiger partial charge in [-0.05, 0) is 37.1 Å². The maximum Gasteiger partial charge on any atom is 0.317 e. The second kappa shape index (κ2) is 7.69. The Morgan fingerprint density at radius 3 is 2.62 bits per heavy atom. The maximum absolute atomic E-state index is 12.0. The van der Waals surface area contributed by atoms with Crippen molar-refractivity contribution in [2.24, 2.45) is 0 Å². The minimum atomic E-state index is 0.0788. The number of benzene rings is 1. The van der Waals surface area contributed by atoms with Crippen molar-refractivity contribution in [3.63, 3.8) is 0 Å². The topological polar surface area (TPSA) is 35.6 Å². The number of anilines is 1. The number of hydrogen-bond donors (Lipinski definition) is 1. The lowest BCUT2D eigenvalue weighted by Crippen LogP contribution is -2.52. The van der Waals surface area contributed by atoms with Crippen LogP contribution in [0.2, 0.25) is 0 Å². The molecular formula is C16H24BrN3O. The van der Waals surface area contributed by atoms with Crippen molar-refractivity contribution in [2.45, 2.75) is 26.7 Å². The maximum atomic E-state index is 12.0. The van der Waals surface area contributed by atoms with E-state index in [9.17, 15) is 4.79 Å². The summed E-state index contributed by atoms with van der Waals surface area (Å²) in [7, 11) is 0. The number of unbranched alkanes of at least 4 members (excludes halogenated alkanes) is 1. The molecule has 0 bridgehead atoms. The van der Waals surface area contributed by atoms with Crippen LogP contribution >= 0.6 is 15.9 Å². The van der Waals surface area contributed by atoms with Crippen molar-refractivity contribution in [2.75, 3.05) is 37.6 Å². The summed E-state index contributed by atoms with van der Waals surface area (Å²) in [6.45, 7) is 8.36. The van der Waals surface area contributed by atoms with Gasteiger partial charge in [0.25, 0.3) is 0 Å². The van der Waals surface area contributed by atoms with Crippen molar-refractivity contribution in [1.29, 1.82) is 0 Å². The lowest BCUT2D eigenvalue weighted by molar-refractivity contribution is 0.194. The minimum absolute atomic E-state index is 0.0788. The molecule has 0 radical (unpaired) electrons. The number of halogens is 1. The zero-order chi connectivity index (χ0) is 15.2. The molecule has 5 heteroatoms. The Labute approximate surface area is 135 Å². The molecule has 0 aliphatic carbocycles. The number of aryl methyl sites for hydroxylation is 1. The first-order valence-electron chi connectivity index (χ1n) is 7.65. The number of nitrogens with zero attached hydrogens (tertiary/aromatic N) is 2. The number of carbonyl (C=O) groups excluding carboxylic acids is 1. The van der Waals surface area contributed by atoms with Gasteiger partial charge >= 0.3 is 6.03 Å². The molecular weight excluding hydrogens is 330 g/mol. The van der Waals surface area contributed by atoms with Gasteiger partial charge < -0.3 is 15.1 Å². The van der Waals surface area contributed by atoms with Gasteiger partial charge in [-0.25, -0.2) is 4.79 Å². The molecule has 1 heterocycles. The lowest BCUT2D eigenvalue weighted by Gasteiger charge is -2.36. The van der Waals surface area contributed by atoms with Gasteiger partial charge in [-0.15, -0.1) is 0 Å². The van der Waals surface area contributed by atoms with Gasteiger partial charge in [-0.3, -0.25) is 0 Å². The summed E-state index contributed by atoms with van der Waals surface area (Å²) < 4.78 is 1.14. The van der Waals surface area contributed by atoms with E-state index in [0.29, 0.717) is 0 Å². The van der Waals surface area contributed by atoms with Gasteiger partial charge in [0.05, 0.1) is 0 Å². The predicted octanol–water partition coefficient (Wildman–Crippen LogP) is 3.39. The summed E-state index contributed by atoms with van der Waals surface area (Å²) in [5, 5.41) is 2.99. The van der Waals surface area contributed by atoms with Crippen LogP contribution in [0.5, 0.6) is 0 Å². The third-order valence-corrected chi connectivity index (χ3v) is 4.77. The first-order valence-corrected chi connectivity index (χ1v) is 8.45. The molecule has 0 spiro atoms. The average molecular weight is 354 g/mol. The number of rotatable bonds is 4. The van der Waals surface area contributed by atoms with Gasteiger partial charge in [-0.1, -0.05) is 29.3 Å².